The van der Waals surface area contributed by atoms with Crippen molar-refractivity contribution in [1.82, 2.24) is 0 Å². The van der Waals surface area contributed by atoms with Crippen molar-refractivity contribution in [2.75, 3.05) is 23.3 Å². The third-order valence-corrected chi connectivity index (χ3v) is 3.99. The SMILES string of the molecule is CCN(CC)c1ccc(NC(=O)c2cc(Cl)ccc2Cl)cc1. The van der Waals surface area contributed by atoms with Crippen LogP contribution in [0.2, 0.25) is 10.0 Å². The van der Waals surface area contributed by atoms with Gasteiger partial charge < -0.3 is 10.2 Å². The van der Waals surface area contributed by atoms with Crippen molar-refractivity contribution >= 4 is 40.5 Å². The topological polar surface area (TPSA) is 32.3 Å². The molecule has 0 fully saturated rings. The molecule has 116 valence electrons. The number of carbonyl (C=O) groups is 1. The van der Waals surface area contributed by atoms with Crippen LogP contribution in [0.5, 0.6) is 0 Å². The molecular formula is C17H18Cl2N2O. The maximum absolute atomic E-state index is 12.3. The minimum absolute atomic E-state index is 0.275. The molecule has 0 saturated heterocycles. The minimum Gasteiger partial charge on any atom is -0.372 e. The Hall–Kier alpha value is -1.71. The van der Waals surface area contributed by atoms with E-state index in [1.165, 1.54) is 0 Å². The lowest BCUT2D eigenvalue weighted by molar-refractivity contribution is 0.102. The highest BCUT2D eigenvalue weighted by Gasteiger charge is 2.11. The van der Waals surface area contributed by atoms with Crippen molar-refractivity contribution < 1.29 is 4.79 Å². The molecule has 0 radical (unpaired) electrons. The van der Waals surface area contributed by atoms with Crippen LogP contribution in [0.4, 0.5) is 11.4 Å². The van der Waals surface area contributed by atoms with Crippen LogP contribution in [0.25, 0.3) is 0 Å². The first-order valence-corrected chi connectivity index (χ1v) is 7.92. The zero-order valence-electron chi connectivity index (χ0n) is 12.6. The normalized spacial score (nSPS) is 10.4. The summed E-state index contributed by atoms with van der Waals surface area (Å²) in [4.78, 5) is 14.5. The maximum atomic E-state index is 12.3. The molecule has 3 nitrogen and oxygen atoms in total. The Balaban J connectivity index is 2.13. The number of amides is 1. The van der Waals surface area contributed by atoms with Crippen LogP contribution < -0.4 is 10.2 Å². The number of benzene rings is 2. The lowest BCUT2D eigenvalue weighted by Crippen LogP contribution is -2.21. The second kappa shape index (κ2) is 7.52. The number of halogens is 2. The molecule has 2 aromatic carbocycles. The van der Waals surface area contributed by atoms with E-state index in [-0.39, 0.29) is 5.91 Å². The van der Waals surface area contributed by atoms with E-state index in [2.05, 4.69) is 24.1 Å². The molecule has 0 aliphatic rings. The third kappa shape index (κ3) is 3.93. The van der Waals surface area contributed by atoms with Gasteiger partial charge in [-0.2, -0.15) is 0 Å². The van der Waals surface area contributed by atoms with Gasteiger partial charge in [0.15, 0.2) is 0 Å². The average molecular weight is 337 g/mol. The summed E-state index contributed by atoms with van der Waals surface area (Å²) in [6.07, 6.45) is 0. The van der Waals surface area contributed by atoms with Gasteiger partial charge in [-0.05, 0) is 56.3 Å². The van der Waals surface area contributed by atoms with Crippen LogP contribution in [0.1, 0.15) is 24.2 Å². The second-order valence-corrected chi connectivity index (χ2v) is 5.64. The average Bonchev–Trinajstić information content (AvgIpc) is 2.52. The summed E-state index contributed by atoms with van der Waals surface area (Å²) in [5.41, 5.74) is 2.21. The lowest BCUT2D eigenvalue weighted by Gasteiger charge is -2.21. The van der Waals surface area contributed by atoms with Gasteiger partial charge in [-0.15, -0.1) is 0 Å². The Morgan fingerprint density at radius 3 is 2.27 bits per heavy atom. The molecule has 2 aromatic rings. The minimum atomic E-state index is -0.275. The van der Waals surface area contributed by atoms with Crippen molar-refractivity contribution in [3.8, 4) is 0 Å². The maximum Gasteiger partial charge on any atom is 0.257 e. The molecule has 0 heterocycles. The first-order chi connectivity index (χ1) is 10.5. The third-order valence-electron chi connectivity index (χ3n) is 3.43. The number of carbonyl (C=O) groups excluding carboxylic acids is 1. The van der Waals surface area contributed by atoms with E-state index < -0.39 is 0 Å². The summed E-state index contributed by atoms with van der Waals surface area (Å²) < 4.78 is 0. The van der Waals surface area contributed by atoms with E-state index in [1.807, 2.05) is 24.3 Å². The molecule has 22 heavy (non-hydrogen) atoms. The van der Waals surface area contributed by atoms with E-state index in [0.717, 1.165) is 24.5 Å². The highest BCUT2D eigenvalue weighted by atomic mass is 35.5. The van der Waals surface area contributed by atoms with Crippen LogP contribution in [0.3, 0.4) is 0 Å². The molecule has 2 rings (SSSR count). The molecule has 0 aliphatic heterocycles. The summed E-state index contributed by atoms with van der Waals surface area (Å²) in [6.45, 7) is 6.11. The number of hydrogen-bond donors (Lipinski definition) is 1. The van der Waals surface area contributed by atoms with E-state index in [0.29, 0.717) is 15.6 Å². The Morgan fingerprint density at radius 1 is 1.05 bits per heavy atom. The van der Waals surface area contributed by atoms with Gasteiger partial charge in [-0.1, -0.05) is 23.2 Å². The Labute approximate surface area is 140 Å². The van der Waals surface area contributed by atoms with Gasteiger partial charge in [0.05, 0.1) is 10.6 Å². The van der Waals surface area contributed by atoms with Crippen molar-refractivity contribution in [3.63, 3.8) is 0 Å². The number of hydrogen-bond acceptors (Lipinski definition) is 2. The summed E-state index contributed by atoms with van der Waals surface area (Å²) in [7, 11) is 0. The number of rotatable bonds is 5. The van der Waals surface area contributed by atoms with Gasteiger partial charge >= 0.3 is 0 Å². The zero-order chi connectivity index (χ0) is 16.1. The summed E-state index contributed by atoms with van der Waals surface area (Å²) in [6, 6.07) is 12.6. The quantitative estimate of drug-likeness (QED) is 0.824. The number of nitrogens with one attached hydrogen (secondary N) is 1. The molecule has 0 bridgehead atoms. The molecule has 0 aliphatic carbocycles. The fourth-order valence-electron chi connectivity index (χ4n) is 2.21. The Kier molecular flexibility index (Phi) is 5.69. The van der Waals surface area contributed by atoms with Crippen LogP contribution in [-0.2, 0) is 0 Å². The van der Waals surface area contributed by atoms with E-state index in [9.17, 15) is 4.79 Å². The van der Waals surface area contributed by atoms with Gasteiger partial charge in [-0.3, -0.25) is 4.79 Å². The van der Waals surface area contributed by atoms with E-state index in [1.54, 1.807) is 18.2 Å². The first kappa shape index (κ1) is 16.7. The second-order valence-electron chi connectivity index (χ2n) is 4.80. The van der Waals surface area contributed by atoms with Crippen molar-refractivity contribution in [1.29, 1.82) is 0 Å². The van der Waals surface area contributed by atoms with Crippen molar-refractivity contribution in [2.45, 2.75) is 13.8 Å². The highest BCUT2D eigenvalue weighted by molar-refractivity contribution is 6.36. The fourth-order valence-corrected chi connectivity index (χ4v) is 2.59. The van der Waals surface area contributed by atoms with Crippen LogP contribution in [-0.4, -0.2) is 19.0 Å². The van der Waals surface area contributed by atoms with Gasteiger partial charge in [0.1, 0.15) is 0 Å². The Bertz CT molecular complexity index is 652. The van der Waals surface area contributed by atoms with E-state index >= 15 is 0 Å². The van der Waals surface area contributed by atoms with Crippen molar-refractivity contribution in [2.24, 2.45) is 0 Å². The van der Waals surface area contributed by atoms with Crippen LogP contribution in [0.15, 0.2) is 42.5 Å². The lowest BCUT2D eigenvalue weighted by atomic mass is 10.2. The molecular weight excluding hydrogens is 319 g/mol. The van der Waals surface area contributed by atoms with Crippen molar-refractivity contribution in [3.05, 3.63) is 58.1 Å². The van der Waals surface area contributed by atoms with E-state index in [4.69, 9.17) is 23.2 Å². The van der Waals surface area contributed by atoms with Gasteiger partial charge in [-0.25, -0.2) is 0 Å². The molecule has 0 atom stereocenters. The summed E-state index contributed by atoms with van der Waals surface area (Å²) in [5.74, 6) is -0.275. The fraction of sp³-hybridized carbons (Fsp3) is 0.235. The monoisotopic (exact) mass is 336 g/mol. The smallest absolute Gasteiger partial charge is 0.257 e. The van der Waals surface area contributed by atoms with Crippen LogP contribution in [0, 0.1) is 0 Å². The van der Waals surface area contributed by atoms with Gasteiger partial charge in [0, 0.05) is 29.5 Å². The van der Waals surface area contributed by atoms with Gasteiger partial charge in [0.2, 0.25) is 0 Å². The molecule has 0 unspecified atom stereocenters. The number of anilines is 2. The molecule has 0 spiro atoms. The largest absolute Gasteiger partial charge is 0.372 e. The molecule has 0 aromatic heterocycles. The first-order valence-electron chi connectivity index (χ1n) is 7.16. The molecule has 1 amide bonds. The predicted octanol–water partition coefficient (Wildman–Crippen LogP) is 5.09. The molecule has 0 saturated carbocycles. The highest BCUT2D eigenvalue weighted by Crippen LogP contribution is 2.23. The van der Waals surface area contributed by atoms with Gasteiger partial charge in [0.25, 0.3) is 5.91 Å². The van der Waals surface area contributed by atoms with Crippen LogP contribution >= 0.6 is 23.2 Å². The summed E-state index contributed by atoms with van der Waals surface area (Å²) >= 11 is 11.9. The predicted molar refractivity (Wildman–Crippen MR) is 94.4 cm³/mol. The molecule has 5 heteroatoms. The zero-order valence-corrected chi connectivity index (χ0v) is 14.1. The molecule has 1 N–H and O–H groups in total. The summed E-state index contributed by atoms with van der Waals surface area (Å²) in [5, 5.41) is 3.68. The Morgan fingerprint density at radius 2 is 1.68 bits per heavy atom. The number of nitrogens with zero attached hydrogens (tertiary/aromatic N) is 1. The standard InChI is InChI=1S/C17H18Cl2N2O/c1-3-21(4-2)14-8-6-13(7-9-14)20-17(22)15-11-12(18)5-10-16(15)19/h5-11H,3-4H2,1-2H3,(H,20,22).